The summed E-state index contributed by atoms with van der Waals surface area (Å²) in [6, 6.07) is 30.1. The fourth-order valence-corrected chi connectivity index (χ4v) is 7.84. The Labute approximate surface area is 267 Å². The molecule has 8 nitrogen and oxygen atoms in total. The van der Waals surface area contributed by atoms with E-state index in [1.54, 1.807) is 26.4 Å². The molecule has 43 heavy (non-hydrogen) atoms. The van der Waals surface area contributed by atoms with Crippen LogP contribution in [-0.2, 0) is 44.9 Å². The van der Waals surface area contributed by atoms with Gasteiger partial charge in [-0.25, -0.2) is 0 Å². The molecule has 0 fully saturated rings. The predicted octanol–water partition coefficient (Wildman–Crippen LogP) is 4.23. The van der Waals surface area contributed by atoms with Crippen molar-refractivity contribution in [1.82, 2.24) is 0 Å². The second-order valence-corrected chi connectivity index (χ2v) is 12.5. The molecule has 1 unspecified atom stereocenters. The van der Waals surface area contributed by atoms with E-state index in [0.29, 0.717) is 16.8 Å². The number of benzene rings is 4. The van der Waals surface area contributed by atoms with Crippen molar-refractivity contribution >= 4 is 45.7 Å². The van der Waals surface area contributed by atoms with Crippen LogP contribution >= 0.6 is 7.92 Å². The van der Waals surface area contributed by atoms with E-state index in [9.17, 15) is 18.0 Å². The zero-order valence-corrected chi connectivity index (χ0v) is 27.3. The molecule has 0 aliphatic carbocycles. The quantitative estimate of drug-likeness (QED) is 0.104. The molecule has 1 radical (unpaired) electrons. The van der Waals surface area contributed by atoms with Gasteiger partial charge in [-0.1, -0.05) is 78.9 Å². The summed E-state index contributed by atoms with van der Waals surface area (Å²) in [4.78, 5) is 20.3. The largest absolute Gasteiger partial charge is 0.496 e. The maximum atomic E-state index is 12.4. The first-order valence-corrected chi connectivity index (χ1v) is 15.6. The number of ketones is 1. The Balaban J connectivity index is 0.000000563. The van der Waals surface area contributed by atoms with E-state index >= 15 is 0 Å². The molecule has 1 atom stereocenters. The molecule has 4 aromatic carbocycles. The van der Waals surface area contributed by atoms with E-state index < -0.39 is 24.0 Å². The van der Waals surface area contributed by atoms with E-state index in [-0.39, 0.29) is 37.5 Å². The van der Waals surface area contributed by atoms with Crippen molar-refractivity contribution in [3.05, 3.63) is 104 Å². The summed E-state index contributed by atoms with van der Waals surface area (Å²) in [7, 11) is -2.27. The first kappa shape index (κ1) is 35.8. The normalized spacial score (nSPS) is 11.2. The van der Waals surface area contributed by atoms with Gasteiger partial charge in [0, 0.05) is 39.1 Å². The molecule has 11 heteroatoms. The van der Waals surface area contributed by atoms with Crippen LogP contribution in [0.5, 0.6) is 11.5 Å². The van der Waals surface area contributed by atoms with Crippen molar-refractivity contribution in [2.45, 2.75) is 25.2 Å². The maximum Gasteiger partial charge on any atom is 0.409 e. The zero-order chi connectivity index (χ0) is 30.7. The van der Waals surface area contributed by atoms with Gasteiger partial charge in [-0.15, -0.1) is 8.42 Å². The van der Waals surface area contributed by atoms with Gasteiger partial charge in [0.05, 0.1) is 19.8 Å². The molecule has 0 spiro atoms. The summed E-state index contributed by atoms with van der Waals surface area (Å²) in [5.74, 6) is 0.907. The van der Waals surface area contributed by atoms with Gasteiger partial charge in [-0.3, -0.25) is 9.59 Å². The van der Waals surface area contributed by atoms with Crippen molar-refractivity contribution in [1.29, 1.82) is 0 Å². The minimum absolute atomic E-state index is 0. The number of hydrogen-bond donors (Lipinski definition) is 0. The third-order valence-corrected chi connectivity index (χ3v) is 9.52. The number of ether oxygens (including phenoxy) is 3. The first-order valence-electron chi connectivity index (χ1n) is 12.8. The van der Waals surface area contributed by atoms with Crippen molar-refractivity contribution in [3.63, 3.8) is 0 Å². The number of esters is 1. The topological polar surface area (TPSA) is 119 Å². The second-order valence-electron chi connectivity index (χ2n) is 8.88. The van der Waals surface area contributed by atoms with E-state index in [0.717, 1.165) is 21.7 Å². The zero-order valence-electron chi connectivity index (χ0n) is 24.1. The molecular formula is C32H33O8PPdS+. The SMILES string of the molecule is CC(=O)C[CH]OC(C)=O.COc1cccc(OC)c1-c1ccccc1P(c1ccccc1)c1ccccc1S(=O)(=O)[OH2+].[Pd]. The van der Waals surface area contributed by atoms with Gasteiger partial charge < -0.3 is 18.8 Å². The average Bonchev–Trinajstić information content (AvgIpc) is 2.97. The number of carbonyl (C=O) groups is 2. The third kappa shape index (κ3) is 9.82. The van der Waals surface area contributed by atoms with Gasteiger partial charge in [-0.2, -0.15) is 0 Å². The van der Waals surface area contributed by atoms with Gasteiger partial charge in [0.2, 0.25) is 0 Å². The molecule has 0 heterocycles. The van der Waals surface area contributed by atoms with Crippen LogP contribution in [-0.4, -0.2) is 38.9 Å². The molecule has 0 bridgehead atoms. The molecule has 4 aromatic rings. The Hall–Kier alpha value is -3.38. The van der Waals surface area contributed by atoms with E-state index in [4.69, 9.17) is 14.0 Å². The van der Waals surface area contributed by atoms with E-state index in [2.05, 4.69) is 4.74 Å². The van der Waals surface area contributed by atoms with E-state index in [1.165, 1.54) is 26.5 Å². The number of hydrogen-bond acceptors (Lipinski definition) is 7. The second kappa shape index (κ2) is 17.1. The van der Waals surface area contributed by atoms with Crippen LogP contribution in [0.4, 0.5) is 0 Å². The minimum atomic E-state index is -4.18. The summed E-state index contributed by atoms with van der Waals surface area (Å²) in [6.07, 6.45) is 0.194. The summed E-state index contributed by atoms with van der Waals surface area (Å²) in [5.41, 5.74) is 1.69. The molecular weight excluding hydrogens is 682 g/mol. The Morgan fingerprint density at radius 3 is 1.84 bits per heavy atom. The monoisotopic (exact) mass is 714 g/mol. The van der Waals surface area contributed by atoms with Crippen LogP contribution < -0.4 is 25.4 Å². The van der Waals surface area contributed by atoms with Gasteiger partial charge in [0.25, 0.3) is 0 Å². The number of carbonyl (C=O) groups excluding carboxylic acids is 2. The third-order valence-electron chi connectivity index (χ3n) is 5.87. The Morgan fingerprint density at radius 2 is 1.30 bits per heavy atom. The minimum Gasteiger partial charge on any atom is -0.496 e. The molecule has 0 saturated carbocycles. The van der Waals surface area contributed by atoms with Crippen LogP contribution in [0.15, 0.2) is 102 Å². The smallest absolute Gasteiger partial charge is 0.409 e. The fraction of sp³-hybridized carbons (Fsp3) is 0.156. The Bertz CT molecular complexity index is 1590. The molecule has 0 aliphatic rings. The molecule has 0 aliphatic heterocycles. The Kier molecular flexibility index (Phi) is 14.2. The predicted molar refractivity (Wildman–Crippen MR) is 166 cm³/mol. The van der Waals surface area contributed by atoms with Crippen molar-refractivity contribution < 1.29 is 57.2 Å². The Morgan fingerprint density at radius 1 is 0.767 bits per heavy atom. The van der Waals surface area contributed by atoms with Crippen molar-refractivity contribution in [2.24, 2.45) is 0 Å². The molecule has 4 rings (SSSR count). The van der Waals surface area contributed by atoms with Gasteiger partial charge in [0.1, 0.15) is 23.9 Å². The summed E-state index contributed by atoms with van der Waals surface area (Å²) in [6.45, 7) is 3.92. The molecule has 2 N–H and O–H groups in total. The molecule has 0 saturated heterocycles. The van der Waals surface area contributed by atoms with Gasteiger partial charge in [-0.05, 0) is 49.2 Å². The number of methoxy groups -OCH3 is 2. The van der Waals surface area contributed by atoms with Crippen LogP contribution in [0.1, 0.15) is 20.3 Å². The van der Waals surface area contributed by atoms with E-state index in [1.807, 2.05) is 78.9 Å². The number of rotatable bonds is 10. The molecule has 0 aromatic heterocycles. The molecule has 229 valence electrons. The summed E-state index contributed by atoms with van der Waals surface area (Å²) < 4.78 is 48.4. The van der Waals surface area contributed by atoms with Crippen LogP contribution in [0.3, 0.4) is 0 Å². The van der Waals surface area contributed by atoms with Crippen molar-refractivity contribution in [3.8, 4) is 22.6 Å². The molecule has 0 amide bonds. The van der Waals surface area contributed by atoms with Crippen LogP contribution in [0.2, 0.25) is 0 Å². The summed E-state index contributed by atoms with van der Waals surface area (Å²) >= 11 is 0. The van der Waals surface area contributed by atoms with Gasteiger partial charge >= 0.3 is 16.1 Å². The average molecular weight is 715 g/mol. The van der Waals surface area contributed by atoms with Gasteiger partial charge in [0.15, 0.2) is 4.90 Å². The van der Waals surface area contributed by atoms with Crippen LogP contribution in [0, 0.1) is 6.61 Å². The summed E-state index contributed by atoms with van der Waals surface area (Å²) in [5, 5.41) is 2.53. The first-order chi connectivity index (χ1) is 20.1. The maximum absolute atomic E-state index is 12.4. The fourth-order valence-electron chi connectivity index (χ4n) is 4.13. The van der Waals surface area contributed by atoms with Crippen LogP contribution in [0.25, 0.3) is 11.1 Å². The number of Topliss-reactive ketones (excluding diaryl/α,β-unsaturated/α-hetero) is 1. The van der Waals surface area contributed by atoms with Crippen molar-refractivity contribution in [2.75, 3.05) is 14.2 Å². The standard InChI is InChI=1S/C26H23O5PS.C6H9O3.Pd/c1-30-21-14-10-15-22(31-2)26(21)20-13-6-7-16-23(20)32(19-11-4-3-5-12-19)24-17-8-9-18-25(24)33(27,28)29;1-5(7)3-4-9-6(2)8;/h3-18H,1-2H3,(H,27,28,29);4H,3H2,1-2H3;/p+1.